The minimum absolute atomic E-state index is 0.0404. The van der Waals surface area contributed by atoms with Crippen LogP contribution in [-0.2, 0) is 41.2 Å². The summed E-state index contributed by atoms with van der Waals surface area (Å²) in [6, 6.07) is -1.13. The second-order valence-electron chi connectivity index (χ2n) is 19.1. The minimum atomic E-state index is -2.46. The summed E-state index contributed by atoms with van der Waals surface area (Å²) in [7, 11) is 1.66. The number of carbonyl (C=O) groups is 5. The number of ketones is 3. The van der Waals surface area contributed by atoms with Gasteiger partial charge in [-0.25, -0.2) is 4.79 Å². The van der Waals surface area contributed by atoms with Crippen LogP contribution in [0.1, 0.15) is 132 Å². The summed E-state index contributed by atoms with van der Waals surface area (Å²) >= 11 is 1.91. The van der Waals surface area contributed by atoms with Crippen LogP contribution in [-0.4, -0.2) is 112 Å². The van der Waals surface area contributed by atoms with Gasteiger partial charge in [0.1, 0.15) is 46.7 Å². The van der Waals surface area contributed by atoms with Gasteiger partial charge in [-0.2, -0.15) is 0 Å². The Balaban J connectivity index is 1.66. The fourth-order valence-electron chi connectivity index (χ4n) is 9.59. The Labute approximate surface area is 389 Å². The summed E-state index contributed by atoms with van der Waals surface area (Å²) < 4.78 is 23.7. The number of amides is 1. The van der Waals surface area contributed by atoms with Gasteiger partial charge in [-0.1, -0.05) is 71.1 Å². The van der Waals surface area contributed by atoms with Crippen molar-refractivity contribution in [3.8, 4) is 0 Å². The molecule has 63 heavy (non-hydrogen) atoms. The number of esters is 1. The number of nitrogens with zero attached hydrogens (tertiary/aromatic N) is 1. The highest BCUT2D eigenvalue weighted by molar-refractivity contribution is 14.1. The Bertz CT molecular complexity index is 1710. The van der Waals surface area contributed by atoms with Crippen molar-refractivity contribution in [1.82, 2.24) is 4.90 Å². The number of ether oxygens (including phenoxy) is 3. The van der Waals surface area contributed by atoms with E-state index in [-0.39, 0.29) is 79.7 Å². The van der Waals surface area contributed by atoms with Crippen LogP contribution in [0.5, 0.6) is 0 Å². The maximum atomic E-state index is 14.3. The first-order valence-electron chi connectivity index (χ1n) is 23.2. The average molecular weight is 996 g/mol. The maximum absolute atomic E-state index is 14.3. The molecular weight excluding hydrogens is 921 g/mol. The normalized spacial score (nSPS) is 40.1. The first-order chi connectivity index (χ1) is 29.8. The zero-order valence-electron chi connectivity index (χ0n) is 38.7. The van der Waals surface area contributed by atoms with Gasteiger partial charge in [-0.15, -0.1) is 0 Å². The van der Waals surface area contributed by atoms with Crippen LogP contribution >= 0.6 is 23.0 Å². The number of cyclic esters (lactones) is 1. The van der Waals surface area contributed by atoms with Gasteiger partial charge in [-0.3, -0.25) is 19.2 Å². The number of methoxy groups -OCH3 is 1. The fourth-order valence-corrected chi connectivity index (χ4v) is 10.2. The van der Waals surface area contributed by atoms with Gasteiger partial charge in [0, 0.05) is 50.7 Å². The summed E-state index contributed by atoms with van der Waals surface area (Å²) in [5.74, 6) is -7.42. The summed E-state index contributed by atoms with van der Waals surface area (Å²) in [5.41, 5.74) is 1.14. The molecule has 1 aliphatic carbocycles. The molecule has 4 aliphatic rings. The number of rotatable bonds is 5. The topological polar surface area (TPSA) is 186 Å². The number of hydrogen-bond donors (Lipinski definition) is 3. The monoisotopic (exact) mass is 995 g/mol. The third kappa shape index (κ3) is 14.7. The highest BCUT2D eigenvalue weighted by Gasteiger charge is 2.53. The fraction of sp³-hybridized carbons (Fsp3) is 0.735. The minimum Gasteiger partial charge on any atom is -0.460 e. The van der Waals surface area contributed by atoms with Gasteiger partial charge in [0.25, 0.3) is 11.7 Å². The first-order valence-corrected chi connectivity index (χ1v) is 24.0. The van der Waals surface area contributed by atoms with Crippen LogP contribution in [0, 0.1) is 35.5 Å². The number of halogens is 1. The van der Waals surface area contributed by atoms with Gasteiger partial charge in [0.2, 0.25) is 5.79 Å². The Kier molecular flexibility index (Phi) is 20.9. The highest BCUT2D eigenvalue weighted by atomic mass is 127. The largest absolute Gasteiger partial charge is 0.460 e. The molecule has 354 valence electrons. The van der Waals surface area contributed by atoms with E-state index in [9.17, 15) is 39.3 Å². The molecule has 4 rings (SSSR count). The summed E-state index contributed by atoms with van der Waals surface area (Å²) in [6.45, 7) is 12.7. The molecule has 3 N–H and O–H groups in total. The van der Waals surface area contributed by atoms with Gasteiger partial charge in [-0.05, 0) is 107 Å². The molecule has 0 spiro atoms. The third-order valence-corrected chi connectivity index (χ3v) is 14.7. The van der Waals surface area contributed by atoms with Crippen molar-refractivity contribution in [3.05, 3.63) is 47.6 Å². The Morgan fingerprint density at radius 2 is 1.59 bits per heavy atom. The third-order valence-electron chi connectivity index (χ3n) is 14.0. The number of carbonyl (C=O) groups excluding carboxylic acids is 5. The maximum Gasteiger partial charge on any atom is 0.329 e. The SMILES string of the molecule is CO[C@@H]1CC(C[C@@H](C)[C@@H]2CC(=O)[C@H](C)/C=C(\C)[C@@H](O)CC(=O)[C@H](C)C[C@H](C)/C=C/C=C/C=C(\C)[C@@H](O)C[C@@H]3CC[C@@H](C)[C@@](O)(O3)C(=O)C(=O)N3CCCCC3C(=O)O2)CC[C@H]1OI. The number of piperidine rings is 1. The molecule has 2 unspecified atom stereocenters. The van der Waals surface area contributed by atoms with Gasteiger partial charge in [0.05, 0.1) is 30.5 Å². The molecule has 1 amide bonds. The second-order valence-corrected chi connectivity index (χ2v) is 19.6. The molecule has 13 nitrogen and oxygen atoms in total. The van der Waals surface area contributed by atoms with Crippen molar-refractivity contribution >= 4 is 52.2 Å². The van der Waals surface area contributed by atoms with Crippen LogP contribution in [0.4, 0.5) is 0 Å². The van der Waals surface area contributed by atoms with Crippen LogP contribution in [0.3, 0.4) is 0 Å². The van der Waals surface area contributed by atoms with E-state index in [4.69, 9.17) is 17.3 Å². The molecule has 0 aromatic carbocycles. The van der Waals surface area contributed by atoms with E-state index in [1.54, 1.807) is 53.0 Å². The molecule has 2 bridgehead atoms. The highest BCUT2D eigenvalue weighted by Crippen LogP contribution is 2.38. The lowest BCUT2D eigenvalue weighted by atomic mass is 9.78. The smallest absolute Gasteiger partial charge is 0.329 e. The molecule has 0 aromatic heterocycles. The number of Topliss-reactive ketones (excluding diaryl/α,β-unsaturated/α-hetero) is 3. The van der Waals surface area contributed by atoms with E-state index in [2.05, 4.69) is 0 Å². The van der Waals surface area contributed by atoms with E-state index in [1.807, 2.05) is 62.0 Å². The van der Waals surface area contributed by atoms with Crippen molar-refractivity contribution in [2.75, 3.05) is 13.7 Å². The van der Waals surface area contributed by atoms with Crippen molar-refractivity contribution < 1.29 is 56.6 Å². The summed E-state index contributed by atoms with van der Waals surface area (Å²) in [5, 5.41) is 34.0. The van der Waals surface area contributed by atoms with Crippen LogP contribution in [0.25, 0.3) is 0 Å². The van der Waals surface area contributed by atoms with E-state index in [0.29, 0.717) is 49.7 Å². The lowest BCUT2D eigenvalue weighted by Gasteiger charge is -2.42. The molecule has 3 aliphatic heterocycles. The van der Waals surface area contributed by atoms with Gasteiger partial charge < -0.3 is 37.5 Å². The first kappa shape index (κ1) is 53.0. The molecule has 14 atom stereocenters. The summed E-state index contributed by atoms with van der Waals surface area (Å²) in [6.07, 6.45) is 12.8. The molecule has 14 heteroatoms. The lowest BCUT2D eigenvalue weighted by molar-refractivity contribution is -0.265. The molecule has 2 saturated heterocycles. The number of aliphatic hydroxyl groups is 3. The van der Waals surface area contributed by atoms with Gasteiger partial charge in [0.15, 0.2) is 0 Å². The Hall–Kier alpha value is -2.60. The van der Waals surface area contributed by atoms with Crippen molar-refractivity contribution in [2.24, 2.45) is 35.5 Å². The van der Waals surface area contributed by atoms with Crippen molar-refractivity contribution in [1.29, 1.82) is 0 Å². The molecule has 0 radical (unpaired) electrons. The number of hydrogen-bond acceptors (Lipinski definition) is 12. The standard InChI is InChI=1S/C49H74INO12/c1-29-14-10-9-11-15-30(2)39(52)26-37-19-17-35(7)49(59,62-37)46(56)47(57)51-21-13-12-16-38(51)48(58)61-44(34(6)24-36-18-20-43(63-50)45(25-36)60-8)28-42(55)33(5)23-32(4)41(54)27-40(53)31(3)22-29/h9-11,14-15,23,29,31,33-39,41,43-45,52,54,59H,12-13,16-22,24-28H2,1-8H3/b11-9+,14-10+,30-15+,32-23+/t29-,31-,33-,34-,35-,36?,37+,38?,39+,41+,43-,44+,45-,49-/m1/s1. The Morgan fingerprint density at radius 3 is 2.29 bits per heavy atom. The molecule has 0 aromatic rings. The van der Waals surface area contributed by atoms with E-state index in [1.165, 1.54) is 4.90 Å². The predicted molar refractivity (Wildman–Crippen MR) is 247 cm³/mol. The molecule has 1 saturated carbocycles. The van der Waals surface area contributed by atoms with Crippen LogP contribution in [0.15, 0.2) is 47.6 Å². The summed E-state index contributed by atoms with van der Waals surface area (Å²) in [4.78, 5) is 71.0. The average Bonchev–Trinajstić information content (AvgIpc) is 3.25. The second kappa shape index (κ2) is 24.8. The van der Waals surface area contributed by atoms with E-state index in [0.717, 1.165) is 19.3 Å². The van der Waals surface area contributed by atoms with Crippen LogP contribution in [0.2, 0.25) is 0 Å². The van der Waals surface area contributed by atoms with E-state index >= 15 is 0 Å². The quantitative estimate of drug-likeness (QED) is 0.108. The lowest BCUT2D eigenvalue weighted by Crippen LogP contribution is -2.61. The molecular formula is C49H74INO12. The number of allylic oxidation sites excluding steroid dienone is 6. The van der Waals surface area contributed by atoms with E-state index < -0.39 is 65.7 Å². The van der Waals surface area contributed by atoms with Crippen molar-refractivity contribution in [3.63, 3.8) is 0 Å². The molecule has 3 fully saturated rings. The zero-order valence-corrected chi connectivity index (χ0v) is 40.9. The van der Waals surface area contributed by atoms with Gasteiger partial charge >= 0.3 is 5.97 Å². The predicted octanol–water partition coefficient (Wildman–Crippen LogP) is 7.28. The number of fused-ring (bicyclic) bond motifs is 3. The van der Waals surface area contributed by atoms with Crippen molar-refractivity contribution in [2.45, 2.75) is 180 Å². The Morgan fingerprint density at radius 1 is 0.857 bits per heavy atom. The zero-order chi connectivity index (χ0) is 46.6. The molecule has 3 heterocycles. The van der Waals surface area contributed by atoms with Crippen LogP contribution < -0.4 is 0 Å². The number of aliphatic hydroxyl groups excluding tert-OH is 2.